The van der Waals surface area contributed by atoms with E-state index < -0.39 is 22.2 Å². The molecule has 2 atom stereocenters. The molecule has 0 saturated heterocycles. The summed E-state index contributed by atoms with van der Waals surface area (Å²) in [4.78, 5) is 17.9. The second-order valence-corrected chi connectivity index (χ2v) is 11.1. The minimum absolute atomic E-state index is 0.118. The van der Waals surface area contributed by atoms with E-state index in [1.54, 1.807) is 18.2 Å². The molecule has 9 heteroatoms. The lowest BCUT2D eigenvalue weighted by Crippen LogP contribution is -2.44. The summed E-state index contributed by atoms with van der Waals surface area (Å²) in [6, 6.07) is 11.7. The number of aliphatic hydroxyl groups is 1. The van der Waals surface area contributed by atoms with Crippen LogP contribution in [0.1, 0.15) is 30.4 Å². The first-order valence-electron chi connectivity index (χ1n) is 11.5. The number of H-pyrrole nitrogens is 1. The van der Waals surface area contributed by atoms with Crippen LogP contribution in [-0.4, -0.2) is 55.2 Å². The Balaban J connectivity index is 1.59. The zero-order valence-corrected chi connectivity index (χ0v) is 20.1. The average Bonchev–Trinajstić information content (AvgIpc) is 3.23. The number of anilines is 1. The van der Waals surface area contributed by atoms with Gasteiger partial charge in [-0.25, -0.2) is 8.42 Å². The van der Waals surface area contributed by atoms with E-state index in [-0.39, 0.29) is 17.0 Å². The molecule has 1 fully saturated rings. The monoisotopic (exact) mass is 483 g/mol. The highest BCUT2D eigenvalue weighted by molar-refractivity contribution is 7.89. The van der Waals surface area contributed by atoms with Gasteiger partial charge in [0, 0.05) is 19.2 Å². The lowest BCUT2D eigenvalue weighted by molar-refractivity contribution is 0.110. The number of fused-ring (bicyclic) bond motifs is 2. The number of aryl methyl sites for hydroxylation is 1. The molecule has 0 radical (unpaired) electrons. The van der Waals surface area contributed by atoms with Crippen molar-refractivity contribution >= 4 is 26.6 Å². The van der Waals surface area contributed by atoms with Crippen molar-refractivity contribution in [2.75, 3.05) is 25.1 Å². The number of para-hydroxylation sites is 1. The van der Waals surface area contributed by atoms with E-state index in [1.807, 2.05) is 37.1 Å². The van der Waals surface area contributed by atoms with E-state index in [1.165, 1.54) is 10.4 Å². The predicted molar refractivity (Wildman–Crippen MR) is 131 cm³/mol. The number of benzene rings is 2. The van der Waals surface area contributed by atoms with Gasteiger partial charge in [0.2, 0.25) is 10.0 Å². The van der Waals surface area contributed by atoms with E-state index in [9.17, 15) is 18.3 Å². The molecule has 0 unspecified atom stereocenters. The van der Waals surface area contributed by atoms with Crippen molar-refractivity contribution in [2.24, 2.45) is 0 Å². The van der Waals surface area contributed by atoms with Gasteiger partial charge in [0.05, 0.1) is 34.8 Å². The maximum atomic E-state index is 13.9. The number of sulfonamides is 1. The number of likely N-dealkylation sites (N-methyl/N-ethyl adjacent to an activating group) is 1. The fourth-order valence-corrected chi connectivity index (χ4v) is 6.66. The molecule has 1 aliphatic carbocycles. The van der Waals surface area contributed by atoms with Crippen molar-refractivity contribution in [3.8, 4) is 5.75 Å². The molecule has 2 heterocycles. The number of ether oxygens (including phenoxy) is 1. The molecular weight excluding hydrogens is 454 g/mol. The molecule has 0 amide bonds. The Kier molecular flexibility index (Phi) is 5.87. The minimum Gasteiger partial charge on any atom is -0.490 e. The van der Waals surface area contributed by atoms with Crippen LogP contribution >= 0.6 is 0 Å². The van der Waals surface area contributed by atoms with Crippen LogP contribution in [0, 0.1) is 6.92 Å². The van der Waals surface area contributed by atoms with E-state index in [0.29, 0.717) is 43.0 Å². The number of pyridine rings is 1. The highest BCUT2D eigenvalue weighted by atomic mass is 32.2. The molecule has 2 aromatic carbocycles. The van der Waals surface area contributed by atoms with Gasteiger partial charge in [0.1, 0.15) is 12.4 Å². The average molecular weight is 484 g/mol. The smallest absolute Gasteiger partial charge is 0.252 e. The summed E-state index contributed by atoms with van der Waals surface area (Å²) in [5.41, 5.74) is 2.41. The Hall–Kier alpha value is -2.88. The van der Waals surface area contributed by atoms with E-state index >= 15 is 0 Å². The maximum absolute atomic E-state index is 13.9. The Bertz CT molecular complexity index is 1400. The molecule has 1 aliphatic heterocycles. The Morgan fingerprint density at radius 2 is 2.03 bits per heavy atom. The summed E-state index contributed by atoms with van der Waals surface area (Å²) in [5, 5.41) is 11.5. The largest absolute Gasteiger partial charge is 0.490 e. The van der Waals surface area contributed by atoms with Crippen LogP contribution in [0.2, 0.25) is 0 Å². The van der Waals surface area contributed by atoms with Gasteiger partial charge in [-0.3, -0.25) is 4.79 Å². The third-order valence-corrected chi connectivity index (χ3v) is 8.80. The molecule has 5 rings (SSSR count). The zero-order valence-electron chi connectivity index (χ0n) is 19.3. The van der Waals surface area contributed by atoms with E-state index in [4.69, 9.17) is 4.74 Å². The van der Waals surface area contributed by atoms with Gasteiger partial charge in [0.15, 0.2) is 0 Å². The van der Waals surface area contributed by atoms with Crippen molar-refractivity contribution < 1.29 is 18.3 Å². The first kappa shape index (κ1) is 22.9. The lowest BCUT2D eigenvalue weighted by atomic mass is 10.1. The number of aromatic nitrogens is 1. The van der Waals surface area contributed by atoms with Crippen LogP contribution in [0.25, 0.3) is 10.9 Å². The third-order valence-electron chi connectivity index (χ3n) is 6.94. The van der Waals surface area contributed by atoms with Crippen molar-refractivity contribution in [1.82, 2.24) is 9.29 Å². The highest BCUT2D eigenvalue weighted by Gasteiger charge is 2.39. The van der Waals surface area contributed by atoms with E-state index in [2.05, 4.69) is 4.98 Å². The SMILES string of the molecule is Cc1cccc2cc(CN([C@H]3CCC[C@@H]3O)S(=O)(=O)c3ccc4c(c3)N(C)CCO4)c(=O)[nH]c12. The quantitative estimate of drug-likeness (QED) is 0.579. The number of rotatable bonds is 5. The zero-order chi connectivity index (χ0) is 24.0. The lowest BCUT2D eigenvalue weighted by Gasteiger charge is -2.32. The van der Waals surface area contributed by atoms with Gasteiger partial charge < -0.3 is 19.7 Å². The summed E-state index contributed by atoms with van der Waals surface area (Å²) in [5.74, 6) is 0.640. The summed E-state index contributed by atoms with van der Waals surface area (Å²) in [6.45, 7) is 3.00. The fourth-order valence-electron chi connectivity index (χ4n) is 4.98. The molecule has 1 saturated carbocycles. The van der Waals surface area contributed by atoms with Gasteiger partial charge in [-0.15, -0.1) is 0 Å². The molecule has 180 valence electrons. The summed E-state index contributed by atoms with van der Waals surface area (Å²) in [6.07, 6.45) is 1.02. The minimum atomic E-state index is -4.01. The first-order valence-corrected chi connectivity index (χ1v) is 13.0. The number of aliphatic hydroxyl groups excluding tert-OH is 1. The summed E-state index contributed by atoms with van der Waals surface area (Å²) in [7, 11) is -2.12. The molecule has 34 heavy (non-hydrogen) atoms. The number of hydrogen-bond acceptors (Lipinski definition) is 6. The van der Waals surface area contributed by atoms with Crippen molar-refractivity contribution in [1.29, 1.82) is 0 Å². The van der Waals surface area contributed by atoms with E-state index in [0.717, 1.165) is 22.9 Å². The first-order chi connectivity index (χ1) is 16.3. The van der Waals surface area contributed by atoms with Gasteiger partial charge in [-0.05, 0) is 61.4 Å². The van der Waals surface area contributed by atoms with Crippen molar-refractivity contribution in [3.05, 3.63) is 63.9 Å². The number of nitrogens with zero attached hydrogens (tertiary/aromatic N) is 2. The molecule has 8 nitrogen and oxygen atoms in total. The molecule has 0 spiro atoms. The highest BCUT2D eigenvalue weighted by Crippen LogP contribution is 2.36. The number of nitrogens with one attached hydrogen (secondary N) is 1. The van der Waals surface area contributed by atoms with Crippen LogP contribution in [0.3, 0.4) is 0 Å². The van der Waals surface area contributed by atoms with Crippen LogP contribution in [0.4, 0.5) is 5.69 Å². The van der Waals surface area contributed by atoms with Gasteiger partial charge >= 0.3 is 0 Å². The third kappa shape index (κ3) is 3.97. The Morgan fingerprint density at radius 3 is 2.79 bits per heavy atom. The molecule has 2 N–H and O–H groups in total. The normalized spacial score (nSPS) is 20.5. The topological polar surface area (TPSA) is 103 Å². The second-order valence-electron chi connectivity index (χ2n) is 9.18. The molecular formula is C25H29N3O5S. The second kappa shape index (κ2) is 8.72. The summed E-state index contributed by atoms with van der Waals surface area (Å²) >= 11 is 0. The predicted octanol–water partition coefficient (Wildman–Crippen LogP) is 2.77. The molecule has 2 aliphatic rings. The van der Waals surface area contributed by atoms with Gasteiger partial charge in [0.25, 0.3) is 5.56 Å². The Morgan fingerprint density at radius 1 is 1.21 bits per heavy atom. The van der Waals surface area contributed by atoms with Crippen LogP contribution in [-0.2, 0) is 16.6 Å². The van der Waals surface area contributed by atoms with Gasteiger partial charge in [-0.2, -0.15) is 4.31 Å². The van der Waals surface area contributed by atoms with Crippen molar-refractivity contribution in [3.63, 3.8) is 0 Å². The number of aromatic amines is 1. The molecule has 0 bridgehead atoms. The Labute approximate surface area is 198 Å². The standard InChI is InChI=1S/C25H29N3O5S/c1-16-5-3-6-17-13-18(25(30)26-24(16)17)15-28(20-7-4-8-22(20)29)34(31,32)19-9-10-23-21(14-19)27(2)11-12-33-23/h3,5-6,9-10,13-14,20,22,29H,4,7-8,11-12,15H2,1-2H3,(H,26,30)/t20-,22-/m0/s1. The van der Waals surface area contributed by atoms with Crippen LogP contribution in [0.15, 0.2) is 52.2 Å². The van der Waals surface area contributed by atoms with Gasteiger partial charge in [-0.1, -0.05) is 18.2 Å². The maximum Gasteiger partial charge on any atom is 0.252 e. The van der Waals surface area contributed by atoms with Crippen LogP contribution < -0.4 is 15.2 Å². The van der Waals surface area contributed by atoms with Crippen LogP contribution in [0.5, 0.6) is 5.75 Å². The molecule has 1 aromatic heterocycles. The number of hydrogen-bond donors (Lipinski definition) is 2. The fraction of sp³-hybridized carbons (Fsp3) is 0.400. The molecule has 3 aromatic rings. The summed E-state index contributed by atoms with van der Waals surface area (Å²) < 4.78 is 34.8. The van der Waals surface area contributed by atoms with Crippen molar-refractivity contribution in [2.45, 2.75) is 49.8 Å².